The van der Waals surface area contributed by atoms with Crippen LogP contribution in [0.15, 0.2) is 6.07 Å². The Morgan fingerprint density at radius 1 is 1.28 bits per heavy atom. The predicted octanol–water partition coefficient (Wildman–Crippen LogP) is 2.20. The highest BCUT2D eigenvalue weighted by molar-refractivity contribution is 5.70. The van der Waals surface area contributed by atoms with Crippen molar-refractivity contribution in [2.75, 3.05) is 6.61 Å². The molecule has 1 aromatic carbocycles. The fraction of sp³-hybridized carbons (Fsp3) is 0.364. The molecule has 0 radical (unpaired) electrons. The van der Waals surface area contributed by atoms with E-state index in [-0.39, 0.29) is 12.7 Å². The highest BCUT2D eigenvalue weighted by Gasteiger charge is 2.25. The van der Waals surface area contributed by atoms with Gasteiger partial charge in [-0.2, -0.15) is 0 Å². The molecule has 3 nitrogen and oxygen atoms in total. The average molecular weight is 265 g/mol. The molecule has 0 bridgehead atoms. The summed E-state index contributed by atoms with van der Waals surface area (Å²) in [4.78, 5) is 11.1. The summed E-state index contributed by atoms with van der Waals surface area (Å²) in [6, 6.07) is -1.44. The van der Waals surface area contributed by atoms with E-state index in [9.17, 15) is 22.4 Å². The van der Waals surface area contributed by atoms with Crippen molar-refractivity contribution in [3.8, 4) is 0 Å². The van der Waals surface area contributed by atoms with Gasteiger partial charge in [-0.05, 0) is 6.92 Å². The van der Waals surface area contributed by atoms with Crippen LogP contribution in [0.5, 0.6) is 0 Å². The number of carbonyl (C=O) groups is 1. The number of carbonyl (C=O) groups excluding carboxylic acids is 1. The molecule has 0 fully saturated rings. The van der Waals surface area contributed by atoms with E-state index in [1.807, 2.05) is 0 Å². The number of esters is 1. The van der Waals surface area contributed by atoms with Crippen LogP contribution in [-0.2, 0) is 9.53 Å². The Labute approximate surface area is 101 Å². The molecule has 100 valence electrons. The third kappa shape index (κ3) is 2.98. The van der Waals surface area contributed by atoms with Gasteiger partial charge in [-0.25, -0.2) is 17.6 Å². The standard InChI is InChI=1S/C11H11F4NO2/c1-2-18-8(17)4-7(16)9-10(14)5(12)3-6(13)11(9)15/h3,7H,2,4,16H2,1H3/t7-/m0/s1. The van der Waals surface area contributed by atoms with Crippen molar-refractivity contribution < 1.29 is 27.1 Å². The Morgan fingerprint density at radius 2 is 1.78 bits per heavy atom. The summed E-state index contributed by atoms with van der Waals surface area (Å²) >= 11 is 0. The van der Waals surface area contributed by atoms with Crippen molar-refractivity contribution in [3.05, 3.63) is 34.9 Å². The van der Waals surface area contributed by atoms with Crippen LogP contribution in [0.3, 0.4) is 0 Å². The van der Waals surface area contributed by atoms with E-state index in [1.54, 1.807) is 0 Å². The van der Waals surface area contributed by atoms with E-state index in [2.05, 4.69) is 4.74 Å². The minimum atomic E-state index is -1.61. The van der Waals surface area contributed by atoms with E-state index in [1.165, 1.54) is 6.92 Å². The van der Waals surface area contributed by atoms with Gasteiger partial charge in [0, 0.05) is 17.7 Å². The fourth-order valence-corrected chi connectivity index (χ4v) is 1.42. The number of nitrogens with two attached hydrogens (primary N) is 1. The normalized spacial score (nSPS) is 12.3. The van der Waals surface area contributed by atoms with Gasteiger partial charge in [0.25, 0.3) is 0 Å². The molecule has 0 amide bonds. The summed E-state index contributed by atoms with van der Waals surface area (Å²) < 4.78 is 57.0. The maximum atomic E-state index is 13.3. The zero-order valence-electron chi connectivity index (χ0n) is 9.47. The van der Waals surface area contributed by atoms with Crippen molar-refractivity contribution in [1.82, 2.24) is 0 Å². The Hall–Kier alpha value is -1.63. The van der Waals surface area contributed by atoms with Gasteiger partial charge >= 0.3 is 5.97 Å². The van der Waals surface area contributed by atoms with Crippen molar-refractivity contribution in [1.29, 1.82) is 0 Å². The molecule has 0 unspecified atom stereocenters. The van der Waals surface area contributed by atoms with E-state index < -0.39 is 47.3 Å². The van der Waals surface area contributed by atoms with Crippen LogP contribution in [0.1, 0.15) is 24.9 Å². The van der Waals surface area contributed by atoms with Crippen LogP contribution in [0.2, 0.25) is 0 Å². The maximum Gasteiger partial charge on any atom is 0.307 e. The average Bonchev–Trinajstić information content (AvgIpc) is 2.27. The summed E-state index contributed by atoms with van der Waals surface area (Å²) in [5.41, 5.74) is 4.35. The van der Waals surface area contributed by atoms with Gasteiger partial charge in [0.15, 0.2) is 23.3 Å². The first-order chi connectivity index (χ1) is 8.38. The monoisotopic (exact) mass is 265 g/mol. The van der Waals surface area contributed by atoms with Crippen LogP contribution in [0.4, 0.5) is 17.6 Å². The second-order valence-corrected chi connectivity index (χ2v) is 3.50. The van der Waals surface area contributed by atoms with Crippen LogP contribution in [0.25, 0.3) is 0 Å². The molecule has 7 heteroatoms. The van der Waals surface area contributed by atoms with Crippen LogP contribution < -0.4 is 5.73 Å². The maximum absolute atomic E-state index is 13.3. The van der Waals surface area contributed by atoms with Crippen LogP contribution >= 0.6 is 0 Å². The molecule has 0 heterocycles. The summed E-state index contributed by atoms with van der Waals surface area (Å²) in [6.07, 6.45) is -0.579. The number of hydrogen-bond donors (Lipinski definition) is 1. The summed E-state index contributed by atoms with van der Waals surface area (Å²) in [6.45, 7) is 1.60. The van der Waals surface area contributed by atoms with Crippen molar-refractivity contribution in [3.63, 3.8) is 0 Å². The fourth-order valence-electron chi connectivity index (χ4n) is 1.42. The van der Waals surface area contributed by atoms with Crippen LogP contribution in [0, 0.1) is 23.3 Å². The first-order valence-corrected chi connectivity index (χ1v) is 5.12. The number of benzene rings is 1. The molecular weight excluding hydrogens is 254 g/mol. The molecule has 0 spiro atoms. The first kappa shape index (κ1) is 14.4. The molecule has 0 aliphatic carbocycles. The Morgan fingerprint density at radius 3 is 2.22 bits per heavy atom. The zero-order chi connectivity index (χ0) is 13.9. The Bertz CT molecular complexity index is 439. The molecule has 0 aliphatic heterocycles. The van der Waals surface area contributed by atoms with Gasteiger partial charge in [-0.3, -0.25) is 4.79 Å². The molecule has 0 aromatic heterocycles. The first-order valence-electron chi connectivity index (χ1n) is 5.12. The van der Waals surface area contributed by atoms with Gasteiger partial charge in [0.2, 0.25) is 0 Å². The minimum Gasteiger partial charge on any atom is -0.466 e. The third-order valence-electron chi connectivity index (χ3n) is 2.21. The molecule has 1 aromatic rings. The Balaban J connectivity index is 3.05. The van der Waals surface area contributed by atoms with Gasteiger partial charge in [0.05, 0.1) is 13.0 Å². The number of halogens is 4. The lowest BCUT2D eigenvalue weighted by atomic mass is 10.0. The molecule has 1 rings (SSSR count). The SMILES string of the molecule is CCOC(=O)C[C@H](N)c1c(F)c(F)cc(F)c1F. The van der Waals surface area contributed by atoms with E-state index in [0.29, 0.717) is 0 Å². The Kier molecular flexibility index (Phi) is 4.66. The smallest absolute Gasteiger partial charge is 0.307 e. The lowest BCUT2D eigenvalue weighted by molar-refractivity contribution is -0.143. The van der Waals surface area contributed by atoms with Crippen molar-refractivity contribution in [2.24, 2.45) is 5.73 Å². The summed E-state index contributed by atoms with van der Waals surface area (Å²) in [7, 11) is 0. The van der Waals surface area contributed by atoms with E-state index in [4.69, 9.17) is 5.73 Å². The number of ether oxygens (including phenoxy) is 1. The molecule has 0 saturated carbocycles. The highest BCUT2D eigenvalue weighted by atomic mass is 19.2. The number of rotatable bonds is 4. The highest BCUT2D eigenvalue weighted by Crippen LogP contribution is 2.25. The van der Waals surface area contributed by atoms with Gasteiger partial charge in [-0.15, -0.1) is 0 Å². The quantitative estimate of drug-likeness (QED) is 0.516. The van der Waals surface area contributed by atoms with Gasteiger partial charge in [0.1, 0.15) is 0 Å². The van der Waals surface area contributed by atoms with Crippen molar-refractivity contribution in [2.45, 2.75) is 19.4 Å². The topological polar surface area (TPSA) is 52.3 Å². The molecule has 18 heavy (non-hydrogen) atoms. The minimum absolute atomic E-state index is 0.0635. The van der Waals surface area contributed by atoms with Crippen molar-refractivity contribution >= 4 is 5.97 Å². The lowest BCUT2D eigenvalue weighted by Crippen LogP contribution is -2.21. The molecule has 2 N–H and O–H groups in total. The van der Waals surface area contributed by atoms with Gasteiger partial charge < -0.3 is 10.5 Å². The lowest BCUT2D eigenvalue weighted by Gasteiger charge is -2.14. The second-order valence-electron chi connectivity index (χ2n) is 3.50. The predicted molar refractivity (Wildman–Crippen MR) is 54.5 cm³/mol. The summed E-state index contributed by atoms with van der Waals surface area (Å²) in [5.74, 6) is -7.16. The second kappa shape index (κ2) is 5.81. The number of hydrogen-bond acceptors (Lipinski definition) is 3. The summed E-state index contributed by atoms with van der Waals surface area (Å²) in [5, 5.41) is 0. The largest absolute Gasteiger partial charge is 0.466 e. The van der Waals surface area contributed by atoms with E-state index >= 15 is 0 Å². The zero-order valence-corrected chi connectivity index (χ0v) is 9.47. The van der Waals surface area contributed by atoms with E-state index in [0.717, 1.165) is 0 Å². The third-order valence-corrected chi connectivity index (χ3v) is 2.21. The molecule has 0 saturated heterocycles. The van der Waals surface area contributed by atoms with Crippen LogP contribution in [-0.4, -0.2) is 12.6 Å². The van der Waals surface area contributed by atoms with Gasteiger partial charge in [-0.1, -0.05) is 0 Å². The molecule has 0 aliphatic rings. The molecule has 1 atom stereocenters. The molecular formula is C11H11F4NO2.